The highest BCUT2D eigenvalue weighted by atomic mass is 16.3. The Hall–Kier alpha value is -0.770. The maximum Gasteiger partial charge on any atom is 0.317 e. The Kier molecular flexibility index (Phi) is 3.46. The minimum atomic E-state index is 0.0263. The monoisotopic (exact) mass is 212 g/mol. The van der Waals surface area contributed by atoms with Gasteiger partial charge in [-0.3, -0.25) is 0 Å². The molecule has 1 aliphatic heterocycles. The minimum Gasteiger partial charge on any atom is -0.394 e. The third kappa shape index (κ3) is 2.43. The van der Waals surface area contributed by atoms with Crippen LogP contribution in [0.3, 0.4) is 0 Å². The predicted molar refractivity (Wildman–Crippen MR) is 57.6 cm³/mol. The molecule has 1 saturated carbocycles. The summed E-state index contributed by atoms with van der Waals surface area (Å²) in [5.41, 5.74) is 0. The Morgan fingerprint density at radius 3 is 2.67 bits per heavy atom. The highest BCUT2D eigenvalue weighted by molar-refractivity contribution is 5.75. The van der Waals surface area contributed by atoms with Crippen LogP contribution in [0.25, 0.3) is 0 Å². The third-order valence-corrected chi connectivity index (χ3v) is 3.53. The summed E-state index contributed by atoms with van der Waals surface area (Å²) in [5, 5.41) is 12.2. The smallest absolute Gasteiger partial charge is 0.317 e. The number of nitrogens with zero attached hydrogens (tertiary/aromatic N) is 1. The second-order valence-corrected chi connectivity index (χ2v) is 4.60. The van der Waals surface area contributed by atoms with Crippen molar-refractivity contribution in [3.63, 3.8) is 0 Å². The molecule has 1 heterocycles. The van der Waals surface area contributed by atoms with Gasteiger partial charge in [0.15, 0.2) is 0 Å². The summed E-state index contributed by atoms with van der Waals surface area (Å²) in [7, 11) is 0. The molecule has 0 aromatic rings. The van der Waals surface area contributed by atoms with Crippen molar-refractivity contribution in [2.24, 2.45) is 0 Å². The molecule has 0 aromatic carbocycles. The predicted octanol–water partition coefficient (Wildman–Crippen LogP) is 1.10. The largest absolute Gasteiger partial charge is 0.394 e. The Morgan fingerprint density at radius 1 is 1.27 bits per heavy atom. The van der Waals surface area contributed by atoms with Crippen molar-refractivity contribution >= 4 is 6.03 Å². The van der Waals surface area contributed by atoms with E-state index in [9.17, 15) is 9.90 Å². The van der Waals surface area contributed by atoms with Gasteiger partial charge in [-0.25, -0.2) is 4.79 Å². The molecular formula is C11H20N2O2. The van der Waals surface area contributed by atoms with Crippen LogP contribution in [0.4, 0.5) is 4.79 Å². The lowest BCUT2D eigenvalue weighted by molar-refractivity contribution is 0.104. The number of amides is 2. The fourth-order valence-electron chi connectivity index (χ4n) is 2.27. The van der Waals surface area contributed by atoms with E-state index in [2.05, 4.69) is 5.32 Å². The molecule has 1 atom stereocenters. The second kappa shape index (κ2) is 4.84. The molecule has 4 nitrogen and oxygen atoms in total. The zero-order valence-corrected chi connectivity index (χ0v) is 9.11. The maximum atomic E-state index is 11.9. The van der Waals surface area contributed by atoms with Crippen LogP contribution in [-0.2, 0) is 0 Å². The van der Waals surface area contributed by atoms with Crippen LogP contribution in [0.1, 0.15) is 38.5 Å². The van der Waals surface area contributed by atoms with Crippen LogP contribution in [0.5, 0.6) is 0 Å². The number of aliphatic hydroxyl groups excluding tert-OH is 1. The molecule has 1 aliphatic carbocycles. The first-order chi connectivity index (χ1) is 7.31. The van der Waals surface area contributed by atoms with Gasteiger partial charge in [0.05, 0.1) is 12.6 Å². The molecule has 1 unspecified atom stereocenters. The number of likely N-dealkylation sites (tertiary alicyclic amines) is 1. The lowest BCUT2D eigenvalue weighted by atomic mass is 9.93. The molecule has 2 aliphatic rings. The fourth-order valence-corrected chi connectivity index (χ4v) is 2.27. The van der Waals surface area contributed by atoms with E-state index in [-0.39, 0.29) is 18.7 Å². The molecule has 2 fully saturated rings. The van der Waals surface area contributed by atoms with Gasteiger partial charge >= 0.3 is 6.03 Å². The number of hydrogen-bond acceptors (Lipinski definition) is 2. The molecule has 1 saturated heterocycles. The Bertz CT molecular complexity index is 229. The average molecular weight is 212 g/mol. The van der Waals surface area contributed by atoms with E-state index < -0.39 is 0 Å². The van der Waals surface area contributed by atoms with Gasteiger partial charge in [-0.1, -0.05) is 0 Å². The molecule has 2 rings (SSSR count). The standard InChI is InChI=1S/C11H20N2O2/c14-8-10-6-1-2-7-13(10)11(15)12-9-4-3-5-9/h9-10,14H,1-8H2,(H,12,15). The molecule has 86 valence electrons. The summed E-state index contributed by atoms with van der Waals surface area (Å²) >= 11 is 0. The van der Waals surface area contributed by atoms with Crippen LogP contribution >= 0.6 is 0 Å². The highest BCUT2D eigenvalue weighted by Gasteiger charge is 2.28. The van der Waals surface area contributed by atoms with E-state index in [0.29, 0.717) is 6.04 Å². The van der Waals surface area contributed by atoms with Crippen LogP contribution in [0.2, 0.25) is 0 Å². The van der Waals surface area contributed by atoms with E-state index in [1.807, 2.05) is 4.90 Å². The van der Waals surface area contributed by atoms with Crippen molar-refractivity contribution in [2.45, 2.75) is 50.6 Å². The Balaban J connectivity index is 1.85. The third-order valence-electron chi connectivity index (χ3n) is 3.53. The van der Waals surface area contributed by atoms with Crippen LogP contribution < -0.4 is 5.32 Å². The summed E-state index contributed by atoms with van der Waals surface area (Å²) in [6, 6.07) is 0.455. The zero-order valence-electron chi connectivity index (χ0n) is 9.11. The minimum absolute atomic E-state index is 0.0263. The normalized spacial score (nSPS) is 27.3. The summed E-state index contributed by atoms with van der Waals surface area (Å²) in [6.07, 6.45) is 6.59. The van der Waals surface area contributed by atoms with Crippen molar-refractivity contribution in [1.82, 2.24) is 10.2 Å². The summed E-state index contributed by atoms with van der Waals surface area (Å²) < 4.78 is 0. The van der Waals surface area contributed by atoms with E-state index >= 15 is 0 Å². The number of carbonyl (C=O) groups is 1. The Morgan fingerprint density at radius 2 is 2.07 bits per heavy atom. The Labute approximate surface area is 90.6 Å². The van der Waals surface area contributed by atoms with E-state index in [4.69, 9.17) is 0 Å². The van der Waals surface area contributed by atoms with Crippen LogP contribution in [0.15, 0.2) is 0 Å². The lowest BCUT2D eigenvalue weighted by Gasteiger charge is -2.37. The fraction of sp³-hybridized carbons (Fsp3) is 0.909. The van der Waals surface area contributed by atoms with Crippen LogP contribution in [-0.4, -0.2) is 41.3 Å². The van der Waals surface area contributed by atoms with E-state index in [1.165, 1.54) is 6.42 Å². The number of urea groups is 1. The summed E-state index contributed by atoms with van der Waals surface area (Å²) in [6.45, 7) is 0.891. The molecule has 2 N–H and O–H groups in total. The number of aliphatic hydroxyl groups is 1. The number of nitrogens with one attached hydrogen (secondary N) is 1. The van der Waals surface area contributed by atoms with Crippen molar-refractivity contribution < 1.29 is 9.90 Å². The van der Waals surface area contributed by atoms with Crippen molar-refractivity contribution in [2.75, 3.05) is 13.2 Å². The lowest BCUT2D eigenvalue weighted by Crippen LogP contribution is -2.53. The number of hydrogen-bond donors (Lipinski definition) is 2. The molecule has 0 bridgehead atoms. The highest BCUT2D eigenvalue weighted by Crippen LogP contribution is 2.20. The number of rotatable bonds is 2. The number of piperidine rings is 1. The SMILES string of the molecule is O=C(NC1CCC1)N1CCCCC1CO. The average Bonchev–Trinajstić information content (AvgIpc) is 2.23. The van der Waals surface area contributed by atoms with Gasteiger partial charge in [0.25, 0.3) is 0 Å². The quantitative estimate of drug-likeness (QED) is 0.720. The van der Waals surface area contributed by atoms with Gasteiger partial charge in [0, 0.05) is 12.6 Å². The van der Waals surface area contributed by atoms with Gasteiger partial charge in [-0.05, 0) is 38.5 Å². The molecule has 4 heteroatoms. The van der Waals surface area contributed by atoms with Gasteiger partial charge in [-0.2, -0.15) is 0 Å². The topological polar surface area (TPSA) is 52.6 Å². The van der Waals surface area contributed by atoms with Gasteiger partial charge in [0.1, 0.15) is 0 Å². The van der Waals surface area contributed by atoms with E-state index in [1.54, 1.807) is 0 Å². The second-order valence-electron chi connectivity index (χ2n) is 4.60. The summed E-state index contributed by atoms with van der Waals surface area (Å²) in [4.78, 5) is 13.7. The first-order valence-corrected chi connectivity index (χ1v) is 5.99. The molecule has 0 radical (unpaired) electrons. The first-order valence-electron chi connectivity index (χ1n) is 5.99. The van der Waals surface area contributed by atoms with Crippen LogP contribution in [0, 0.1) is 0 Å². The van der Waals surface area contributed by atoms with Crippen molar-refractivity contribution in [3.8, 4) is 0 Å². The summed E-state index contributed by atoms with van der Waals surface area (Å²) in [5.74, 6) is 0. The van der Waals surface area contributed by atoms with Crippen molar-refractivity contribution in [3.05, 3.63) is 0 Å². The maximum absolute atomic E-state index is 11.9. The van der Waals surface area contributed by atoms with Gasteiger partial charge in [0.2, 0.25) is 0 Å². The van der Waals surface area contributed by atoms with Crippen molar-refractivity contribution in [1.29, 1.82) is 0 Å². The first kappa shape index (κ1) is 10.7. The van der Waals surface area contributed by atoms with E-state index in [0.717, 1.165) is 38.6 Å². The zero-order chi connectivity index (χ0) is 10.7. The molecular weight excluding hydrogens is 192 g/mol. The van der Waals surface area contributed by atoms with Gasteiger partial charge in [-0.15, -0.1) is 0 Å². The molecule has 2 amide bonds. The van der Waals surface area contributed by atoms with Gasteiger partial charge < -0.3 is 15.3 Å². The molecule has 0 spiro atoms. The number of carbonyl (C=O) groups excluding carboxylic acids is 1. The molecule has 15 heavy (non-hydrogen) atoms. The molecule has 0 aromatic heterocycles.